The van der Waals surface area contributed by atoms with Gasteiger partial charge in [0, 0.05) is 17.2 Å². The van der Waals surface area contributed by atoms with Crippen molar-refractivity contribution < 1.29 is 15.3 Å². The van der Waals surface area contributed by atoms with Crippen LogP contribution in [0.3, 0.4) is 0 Å². The van der Waals surface area contributed by atoms with Crippen LogP contribution in [0.5, 0.6) is 17.2 Å². The Kier molecular flexibility index (Phi) is 3.02. The number of aromatic hydroxyl groups is 3. The second-order valence-corrected chi connectivity index (χ2v) is 5.23. The zero-order valence-electron chi connectivity index (χ0n) is 10.3. The fourth-order valence-electron chi connectivity index (χ4n) is 2.09. The number of nitrogens with zero attached hydrogens (tertiary/aromatic N) is 2. The smallest absolute Gasteiger partial charge is 0.134 e. The lowest BCUT2D eigenvalue weighted by Gasteiger charge is -2.25. The summed E-state index contributed by atoms with van der Waals surface area (Å²) in [6, 6.07) is 7.94. The van der Waals surface area contributed by atoms with Crippen LogP contribution in [-0.4, -0.2) is 21.5 Å². The van der Waals surface area contributed by atoms with Crippen molar-refractivity contribution >= 4 is 27.8 Å². The van der Waals surface area contributed by atoms with Gasteiger partial charge in [-0.3, -0.25) is 5.01 Å². The molecule has 0 saturated heterocycles. The quantitative estimate of drug-likeness (QED) is 0.749. The summed E-state index contributed by atoms with van der Waals surface area (Å²) in [7, 11) is 0. The highest BCUT2D eigenvalue weighted by molar-refractivity contribution is 9.10. The molecule has 0 aliphatic carbocycles. The van der Waals surface area contributed by atoms with Crippen LogP contribution in [0, 0.1) is 0 Å². The second kappa shape index (κ2) is 4.72. The van der Waals surface area contributed by atoms with E-state index in [4.69, 9.17) is 0 Å². The fraction of sp³-hybridized carbons (Fsp3) is 0.0714. The number of anilines is 1. The molecule has 3 rings (SSSR count). The van der Waals surface area contributed by atoms with Crippen molar-refractivity contribution in [2.45, 2.75) is 6.54 Å². The number of phenols is 3. The highest BCUT2D eigenvalue weighted by Crippen LogP contribution is 2.38. The third-order valence-corrected chi connectivity index (χ3v) is 3.98. The van der Waals surface area contributed by atoms with Gasteiger partial charge in [0.15, 0.2) is 0 Å². The first-order valence-electron chi connectivity index (χ1n) is 5.90. The van der Waals surface area contributed by atoms with Gasteiger partial charge in [-0.1, -0.05) is 0 Å². The molecule has 6 heteroatoms. The average molecular weight is 335 g/mol. The Bertz CT molecular complexity index is 699. The number of benzene rings is 2. The summed E-state index contributed by atoms with van der Waals surface area (Å²) in [6.07, 6.45) is 1.58. The molecule has 1 heterocycles. The first kappa shape index (κ1) is 12.8. The lowest BCUT2D eigenvalue weighted by molar-refractivity contribution is 0.442. The first-order valence-corrected chi connectivity index (χ1v) is 6.69. The molecule has 0 fully saturated rings. The standard InChI is InChI=1S/C14H11BrN2O3/c15-14-10-6-16-17(8-1-3-9(18)4-2-8)7-11(10)12(19)5-13(14)20/h1-6,18-20H,7H2. The number of phenolic OH excluding ortho intramolecular Hbond substituents is 3. The molecule has 1 aliphatic heterocycles. The molecule has 3 N–H and O–H groups in total. The SMILES string of the molecule is Oc1ccc(N2Cc3c(O)cc(O)c(Br)c3C=N2)cc1. The van der Waals surface area contributed by atoms with Crippen molar-refractivity contribution in [1.82, 2.24) is 0 Å². The van der Waals surface area contributed by atoms with Gasteiger partial charge in [-0.25, -0.2) is 0 Å². The molecule has 0 spiro atoms. The molecule has 0 aromatic heterocycles. The molecule has 2 aromatic rings. The Morgan fingerprint density at radius 1 is 1.05 bits per heavy atom. The molecular weight excluding hydrogens is 324 g/mol. The number of hydrazone groups is 1. The topological polar surface area (TPSA) is 76.3 Å². The fourth-order valence-corrected chi connectivity index (χ4v) is 2.55. The zero-order chi connectivity index (χ0) is 14.3. The summed E-state index contributed by atoms with van der Waals surface area (Å²) < 4.78 is 0.513. The average Bonchev–Trinajstić information content (AvgIpc) is 2.45. The van der Waals surface area contributed by atoms with Gasteiger partial charge in [0.2, 0.25) is 0 Å². The van der Waals surface area contributed by atoms with E-state index in [1.54, 1.807) is 35.5 Å². The van der Waals surface area contributed by atoms with Gasteiger partial charge < -0.3 is 15.3 Å². The molecule has 0 radical (unpaired) electrons. The van der Waals surface area contributed by atoms with E-state index in [0.29, 0.717) is 22.1 Å². The monoisotopic (exact) mass is 334 g/mol. The second-order valence-electron chi connectivity index (χ2n) is 4.44. The predicted octanol–water partition coefficient (Wildman–Crippen LogP) is 2.92. The van der Waals surface area contributed by atoms with E-state index >= 15 is 0 Å². The molecule has 0 atom stereocenters. The molecule has 0 bridgehead atoms. The van der Waals surface area contributed by atoms with Gasteiger partial charge in [0.1, 0.15) is 17.2 Å². The number of halogens is 1. The van der Waals surface area contributed by atoms with Crippen molar-refractivity contribution in [1.29, 1.82) is 0 Å². The molecule has 5 nitrogen and oxygen atoms in total. The Morgan fingerprint density at radius 2 is 1.75 bits per heavy atom. The minimum Gasteiger partial charge on any atom is -0.508 e. The number of hydrogen-bond acceptors (Lipinski definition) is 5. The van der Waals surface area contributed by atoms with Crippen LogP contribution in [0.15, 0.2) is 39.9 Å². The lowest BCUT2D eigenvalue weighted by atomic mass is 10.0. The number of fused-ring (bicyclic) bond motifs is 1. The van der Waals surface area contributed by atoms with Crippen molar-refractivity contribution in [3.05, 3.63) is 45.9 Å². The molecule has 1 aliphatic rings. The van der Waals surface area contributed by atoms with Gasteiger partial charge >= 0.3 is 0 Å². The predicted molar refractivity (Wildman–Crippen MR) is 79.4 cm³/mol. The summed E-state index contributed by atoms with van der Waals surface area (Å²) in [4.78, 5) is 0. The molecule has 2 aromatic carbocycles. The Morgan fingerprint density at radius 3 is 2.45 bits per heavy atom. The Hall–Kier alpha value is -2.21. The van der Waals surface area contributed by atoms with E-state index in [0.717, 1.165) is 5.69 Å². The van der Waals surface area contributed by atoms with E-state index in [2.05, 4.69) is 21.0 Å². The molecule has 0 amide bonds. The highest BCUT2D eigenvalue weighted by atomic mass is 79.9. The van der Waals surface area contributed by atoms with E-state index < -0.39 is 0 Å². The van der Waals surface area contributed by atoms with Gasteiger partial charge in [-0.2, -0.15) is 5.10 Å². The van der Waals surface area contributed by atoms with E-state index in [1.165, 1.54) is 6.07 Å². The van der Waals surface area contributed by atoms with Crippen LogP contribution in [0.2, 0.25) is 0 Å². The van der Waals surface area contributed by atoms with Crippen LogP contribution in [0.1, 0.15) is 11.1 Å². The molecule has 0 saturated carbocycles. The van der Waals surface area contributed by atoms with Gasteiger partial charge in [-0.05, 0) is 40.2 Å². The van der Waals surface area contributed by atoms with Gasteiger partial charge in [0.25, 0.3) is 0 Å². The van der Waals surface area contributed by atoms with Gasteiger partial charge in [0.05, 0.1) is 22.9 Å². The molecule has 0 unspecified atom stereocenters. The van der Waals surface area contributed by atoms with Crippen LogP contribution < -0.4 is 5.01 Å². The van der Waals surface area contributed by atoms with Gasteiger partial charge in [-0.15, -0.1) is 0 Å². The summed E-state index contributed by atoms with van der Waals surface area (Å²) in [5, 5.41) is 34.9. The van der Waals surface area contributed by atoms with Crippen molar-refractivity contribution in [3.8, 4) is 17.2 Å². The van der Waals surface area contributed by atoms with Crippen molar-refractivity contribution in [3.63, 3.8) is 0 Å². The first-order chi connectivity index (χ1) is 9.56. The minimum absolute atomic E-state index is 0.0224. The molecule has 102 valence electrons. The lowest BCUT2D eigenvalue weighted by Crippen LogP contribution is -2.21. The molecular formula is C14H11BrN2O3. The van der Waals surface area contributed by atoms with Crippen LogP contribution in [-0.2, 0) is 6.54 Å². The minimum atomic E-state index is -0.0224. The zero-order valence-corrected chi connectivity index (χ0v) is 11.9. The maximum absolute atomic E-state index is 9.96. The van der Waals surface area contributed by atoms with E-state index in [9.17, 15) is 15.3 Å². The largest absolute Gasteiger partial charge is 0.508 e. The van der Waals surface area contributed by atoms with Crippen molar-refractivity contribution in [2.75, 3.05) is 5.01 Å². The van der Waals surface area contributed by atoms with Crippen molar-refractivity contribution in [2.24, 2.45) is 5.10 Å². The third-order valence-electron chi connectivity index (χ3n) is 3.15. The van der Waals surface area contributed by atoms with E-state index in [1.807, 2.05) is 0 Å². The van der Waals surface area contributed by atoms with E-state index in [-0.39, 0.29) is 17.2 Å². The third kappa shape index (κ3) is 2.08. The number of rotatable bonds is 1. The number of hydrogen-bond donors (Lipinski definition) is 3. The maximum Gasteiger partial charge on any atom is 0.134 e. The maximum atomic E-state index is 9.96. The normalized spacial score (nSPS) is 13.3. The summed E-state index contributed by atoms with van der Waals surface area (Å²) in [5.41, 5.74) is 2.14. The van der Waals surface area contributed by atoms with Crippen LogP contribution >= 0.6 is 15.9 Å². The van der Waals surface area contributed by atoms with Crippen LogP contribution in [0.25, 0.3) is 0 Å². The Balaban J connectivity index is 2.01. The Labute approximate surface area is 123 Å². The summed E-state index contributed by atoms with van der Waals surface area (Å²) in [5.74, 6) is 0.187. The summed E-state index contributed by atoms with van der Waals surface area (Å²) in [6.45, 7) is 0.376. The van der Waals surface area contributed by atoms with Crippen LogP contribution in [0.4, 0.5) is 5.69 Å². The summed E-state index contributed by atoms with van der Waals surface area (Å²) >= 11 is 3.28. The molecule has 20 heavy (non-hydrogen) atoms. The highest BCUT2D eigenvalue weighted by Gasteiger charge is 2.21.